The molecule has 0 aromatic heterocycles. The first-order valence-electron chi connectivity index (χ1n) is 5.33. The molecule has 20 heavy (non-hydrogen) atoms. The van der Waals surface area contributed by atoms with Crippen LogP contribution >= 0.6 is 50.7 Å². The number of carbonyl (C=O) groups excluding carboxylic acids is 1. The summed E-state index contributed by atoms with van der Waals surface area (Å²) in [4.78, 5) is 12.1. The summed E-state index contributed by atoms with van der Waals surface area (Å²) >= 11 is 20.9. The summed E-state index contributed by atoms with van der Waals surface area (Å²) in [5.74, 6) is -0.680. The zero-order valence-electron chi connectivity index (χ0n) is 9.75. The van der Waals surface area contributed by atoms with E-state index in [0.29, 0.717) is 25.2 Å². The number of rotatable bonds is 2. The van der Waals surface area contributed by atoms with Gasteiger partial charge in [-0.05, 0) is 46.3 Å². The van der Waals surface area contributed by atoms with Crippen molar-refractivity contribution in [3.8, 4) is 5.75 Å². The lowest BCUT2D eigenvalue weighted by Crippen LogP contribution is -2.12. The molecule has 2 aromatic rings. The molecule has 3 nitrogen and oxygen atoms in total. The van der Waals surface area contributed by atoms with Crippen LogP contribution in [-0.2, 0) is 0 Å². The number of hydrogen-bond acceptors (Lipinski definition) is 2. The Morgan fingerprint density at radius 2 is 1.70 bits per heavy atom. The van der Waals surface area contributed by atoms with Crippen LogP contribution in [0.4, 0.5) is 5.69 Å². The molecular formula is C13H7BrCl3NO2. The number of phenolic OH excluding ortho intramolecular Hbond substituents is 1. The highest BCUT2D eigenvalue weighted by molar-refractivity contribution is 9.10. The molecule has 104 valence electrons. The van der Waals surface area contributed by atoms with E-state index >= 15 is 0 Å². The Morgan fingerprint density at radius 1 is 1.10 bits per heavy atom. The quantitative estimate of drug-likeness (QED) is 0.672. The van der Waals surface area contributed by atoms with Crippen molar-refractivity contribution in [1.29, 1.82) is 0 Å². The number of hydrogen-bond donors (Lipinski definition) is 2. The van der Waals surface area contributed by atoms with Crippen LogP contribution in [0.25, 0.3) is 0 Å². The van der Waals surface area contributed by atoms with Crippen molar-refractivity contribution >= 4 is 62.3 Å². The van der Waals surface area contributed by atoms with Crippen molar-refractivity contribution in [3.05, 3.63) is 55.4 Å². The second-order valence-electron chi connectivity index (χ2n) is 3.87. The lowest BCUT2D eigenvalue weighted by Gasteiger charge is -2.09. The van der Waals surface area contributed by atoms with Gasteiger partial charge in [0.2, 0.25) is 0 Å². The Balaban J connectivity index is 2.30. The Labute approximate surface area is 138 Å². The molecule has 0 bridgehead atoms. The van der Waals surface area contributed by atoms with Gasteiger partial charge in [0.25, 0.3) is 5.91 Å². The summed E-state index contributed by atoms with van der Waals surface area (Å²) in [7, 11) is 0. The van der Waals surface area contributed by atoms with Crippen molar-refractivity contribution in [2.45, 2.75) is 0 Å². The smallest absolute Gasteiger partial charge is 0.259 e. The Kier molecular flexibility index (Phi) is 4.81. The summed E-state index contributed by atoms with van der Waals surface area (Å²) in [5, 5.41) is 13.3. The Bertz CT molecular complexity index is 668. The zero-order chi connectivity index (χ0) is 14.9. The van der Waals surface area contributed by atoms with Crippen LogP contribution in [0.2, 0.25) is 15.1 Å². The molecule has 0 aliphatic heterocycles. The van der Waals surface area contributed by atoms with Gasteiger partial charge in [-0.3, -0.25) is 4.79 Å². The minimum atomic E-state index is -0.514. The standard InChI is InChI=1S/C13H7BrCl3NO2/c14-12-9(16)4-7(5-10(12)17)18-13(20)8-3-6(15)1-2-11(8)19/h1-5,19H,(H,18,20). The van der Waals surface area contributed by atoms with Gasteiger partial charge in [-0.15, -0.1) is 0 Å². The first kappa shape index (κ1) is 15.4. The predicted octanol–water partition coefficient (Wildman–Crippen LogP) is 5.37. The number of anilines is 1. The molecule has 0 saturated carbocycles. The first-order chi connectivity index (χ1) is 9.38. The maximum atomic E-state index is 12.1. The second kappa shape index (κ2) is 6.22. The molecule has 0 aliphatic rings. The van der Waals surface area contributed by atoms with Crippen LogP contribution in [0, 0.1) is 0 Å². The fourth-order valence-corrected chi connectivity index (χ4v) is 2.40. The van der Waals surface area contributed by atoms with E-state index in [2.05, 4.69) is 21.2 Å². The van der Waals surface area contributed by atoms with Crippen molar-refractivity contribution < 1.29 is 9.90 Å². The highest BCUT2D eigenvalue weighted by atomic mass is 79.9. The third-order valence-electron chi connectivity index (χ3n) is 2.44. The molecule has 7 heteroatoms. The van der Waals surface area contributed by atoms with Crippen LogP contribution in [0.1, 0.15) is 10.4 Å². The van der Waals surface area contributed by atoms with E-state index in [1.807, 2.05) is 0 Å². The van der Waals surface area contributed by atoms with Crippen molar-refractivity contribution in [2.75, 3.05) is 5.32 Å². The number of nitrogens with one attached hydrogen (secondary N) is 1. The SMILES string of the molecule is O=C(Nc1cc(Cl)c(Br)c(Cl)c1)c1cc(Cl)ccc1O. The molecule has 0 aliphatic carbocycles. The van der Waals surface area contributed by atoms with Crippen molar-refractivity contribution in [1.82, 2.24) is 0 Å². The molecule has 2 N–H and O–H groups in total. The topological polar surface area (TPSA) is 49.3 Å². The number of amides is 1. The van der Waals surface area contributed by atoms with Crippen molar-refractivity contribution in [3.63, 3.8) is 0 Å². The van der Waals surface area contributed by atoms with E-state index in [-0.39, 0.29) is 11.3 Å². The lowest BCUT2D eigenvalue weighted by molar-refractivity contribution is 0.102. The normalized spacial score (nSPS) is 10.4. The molecule has 0 atom stereocenters. The number of halogens is 4. The summed E-state index contributed by atoms with van der Waals surface area (Å²) < 4.78 is 0.546. The van der Waals surface area contributed by atoms with Crippen LogP contribution in [-0.4, -0.2) is 11.0 Å². The van der Waals surface area contributed by atoms with Gasteiger partial charge in [-0.2, -0.15) is 0 Å². The molecule has 0 spiro atoms. The minimum Gasteiger partial charge on any atom is -0.507 e. The molecular weight excluding hydrogens is 388 g/mol. The fraction of sp³-hybridized carbons (Fsp3) is 0. The third-order valence-corrected chi connectivity index (χ3v) is 4.59. The highest BCUT2D eigenvalue weighted by Crippen LogP contribution is 2.34. The maximum absolute atomic E-state index is 12.1. The second-order valence-corrected chi connectivity index (χ2v) is 5.91. The Morgan fingerprint density at radius 3 is 2.30 bits per heavy atom. The zero-order valence-corrected chi connectivity index (χ0v) is 13.6. The molecule has 2 rings (SSSR count). The summed E-state index contributed by atoms with van der Waals surface area (Å²) in [6.45, 7) is 0. The largest absolute Gasteiger partial charge is 0.507 e. The van der Waals surface area contributed by atoms with Crippen LogP contribution in [0.5, 0.6) is 5.75 Å². The van der Waals surface area contributed by atoms with Crippen molar-refractivity contribution in [2.24, 2.45) is 0 Å². The van der Waals surface area contributed by atoms with E-state index in [0.717, 1.165) is 0 Å². The van der Waals surface area contributed by atoms with Crippen LogP contribution in [0.15, 0.2) is 34.8 Å². The van der Waals surface area contributed by atoms with E-state index < -0.39 is 5.91 Å². The van der Waals surface area contributed by atoms with Gasteiger partial charge in [-0.1, -0.05) is 34.8 Å². The number of aromatic hydroxyl groups is 1. The third kappa shape index (κ3) is 3.38. The molecule has 2 aromatic carbocycles. The predicted molar refractivity (Wildman–Crippen MR) is 85.2 cm³/mol. The molecule has 0 heterocycles. The maximum Gasteiger partial charge on any atom is 0.259 e. The molecule has 0 fully saturated rings. The van der Waals surface area contributed by atoms with Gasteiger partial charge in [-0.25, -0.2) is 0 Å². The van der Waals surface area contributed by atoms with Gasteiger partial charge < -0.3 is 10.4 Å². The van der Waals surface area contributed by atoms with Gasteiger partial charge in [0.1, 0.15) is 5.75 Å². The molecule has 0 radical (unpaired) electrons. The highest BCUT2D eigenvalue weighted by Gasteiger charge is 2.13. The number of phenols is 1. The summed E-state index contributed by atoms with van der Waals surface area (Å²) in [6.07, 6.45) is 0. The fourth-order valence-electron chi connectivity index (χ4n) is 1.52. The van der Waals surface area contributed by atoms with Crippen LogP contribution in [0.3, 0.4) is 0 Å². The van der Waals surface area contributed by atoms with Gasteiger partial charge in [0.15, 0.2) is 0 Å². The first-order valence-corrected chi connectivity index (χ1v) is 7.25. The average molecular weight is 395 g/mol. The average Bonchev–Trinajstić information content (AvgIpc) is 2.38. The number of carbonyl (C=O) groups is 1. The van der Waals surface area contributed by atoms with E-state index in [4.69, 9.17) is 34.8 Å². The van der Waals surface area contributed by atoms with E-state index in [1.54, 1.807) is 0 Å². The minimum absolute atomic E-state index is 0.0627. The molecule has 1 amide bonds. The van der Waals surface area contributed by atoms with E-state index in [9.17, 15) is 9.90 Å². The molecule has 0 unspecified atom stereocenters. The molecule has 0 saturated heterocycles. The van der Waals surface area contributed by atoms with E-state index in [1.165, 1.54) is 30.3 Å². The van der Waals surface area contributed by atoms with Gasteiger partial charge in [0, 0.05) is 10.7 Å². The summed E-state index contributed by atoms with van der Waals surface area (Å²) in [6, 6.07) is 7.28. The number of benzene rings is 2. The monoisotopic (exact) mass is 393 g/mol. The van der Waals surface area contributed by atoms with Gasteiger partial charge in [0.05, 0.1) is 20.1 Å². The Hall–Kier alpha value is -0.940. The van der Waals surface area contributed by atoms with Crippen LogP contribution < -0.4 is 5.32 Å². The van der Waals surface area contributed by atoms with Gasteiger partial charge >= 0.3 is 0 Å². The summed E-state index contributed by atoms with van der Waals surface area (Å²) in [5.41, 5.74) is 0.472. The lowest BCUT2D eigenvalue weighted by atomic mass is 10.2.